The van der Waals surface area contributed by atoms with Gasteiger partial charge in [0.2, 0.25) is 0 Å². The maximum absolute atomic E-state index is 12.7. The molecule has 2 heterocycles. The smallest absolute Gasteiger partial charge is 0.258 e. The first-order chi connectivity index (χ1) is 10.3. The van der Waals surface area contributed by atoms with Crippen LogP contribution in [-0.2, 0) is 0 Å². The molecule has 0 spiro atoms. The van der Waals surface area contributed by atoms with Crippen molar-refractivity contribution in [2.45, 2.75) is 32.2 Å². The van der Waals surface area contributed by atoms with Gasteiger partial charge in [0.15, 0.2) is 0 Å². The van der Waals surface area contributed by atoms with Gasteiger partial charge in [0, 0.05) is 17.6 Å². The van der Waals surface area contributed by atoms with Crippen molar-refractivity contribution in [1.82, 2.24) is 9.88 Å². The van der Waals surface area contributed by atoms with Crippen LogP contribution in [-0.4, -0.2) is 24.3 Å². The van der Waals surface area contributed by atoms with Crippen LogP contribution in [0.25, 0.3) is 10.8 Å². The number of hydrogen-bond acceptors (Lipinski definition) is 3. The largest absolute Gasteiger partial charge is 0.494 e. The standard InChI is InChI=1S/C17H22N2O2/c1-2-11-21-15-3-4-16-13(12-15)7-10-19(17(16)20)14-5-8-18-9-6-14/h3-4,7,10,12,14,18H,2,5-6,8-9,11H2,1H3. The van der Waals surface area contributed by atoms with Gasteiger partial charge in [0.05, 0.1) is 6.61 Å². The number of nitrogens with one attached hydrogen (secondary N) is 1. The lowest BCUT2D eigenvalue weighted by Gasteiger charge is -2.25. The normalized spacial score (nSPS) is 16.2. The Morgan fingerprint density at radius 3 is 2.86 bits per heavy atom. The molecule has 1 N–H and O–H groups in total. The number of aromatic nitrogens is 1. The first-order valence-electron chi connectivity index (χ1n) is 7.78. The van der Waals surface area contributed by atoms with Gasteiger partial charge < -0.3 is 14.6 Å². The van der Waals surface area contributed by atoms with Crippen LogP contribution in [0.5, 0.6) is 5.75 Å². The summed E-state index contributed by atoms with van der Waals surface area (Å²) in [6.07, 6.45) is 4.95. The molecule has 112 valence electrons. The summed E-state index contributed by atoms with van der Waals surface area (Å²) < 4.78 is 7.53. The van der Waals surface area contributed by atoms with Crippen LogP contribution in [0.4, 0.5) is 0 Å². The van der Waals surface area contributed by atoms with Crippen molar-refractivity contribution >= 4 is 10.8 Å². The molecule has 0 radical (unpaired) electrons. The molecular weight excluding hydrogens is 264 g/mol. The van der Waals surface area contributed by atoms with E-state index in [4.69, 9.17) is 4.74 Å². The molecule has 3 rings (SSSR count). The third-order valence-corrected chi connectivity index (χ3v) is 4.08. The van der Waals surface area contributed by atoms with Crippen molar-refractivity contribution in [3.05, 3.63) is 40.8 Å². The van der Waals surface area contributed by atoms with E-state index in [-0.39, 0.29) is 5.56 Å². The fourth-order valence-electron chi connectivity index (χ4n) is 2.92. The molecule has 1 aliphatic rings. The van der Waals surface area contributed by atoms with Gasteiger partial charge in [-0.1, -0.05) is 6.92 Å². The third kappa shape index (κ3) is 2.95. The van der Waals surface area contributed by atoms with Gasteiger partial charge in [-0.2, -0.15) is 0 Å². The number of pyridine rings is 1. The molecule has 0 aliphatic carbocycles. The van der Waals surface area contributed by atoms with Crippen molar-refractivity contribution in [2.75, 3.05) is 19.7 Å². The topological polar surface area (TPSA) is 43.3 Å². The quantitative estimate of drug-likeness (QED) is 0.940. The monoisotopic (exact) mass is 286 g/mol. The Labute approximate surface area is 124 Å². The van der Waals surface area contributed by atoms with E-state index < -0.39 is 0 Å². The van der Waals surface area contributed by atoms with Gasteiger partial charge in [-0.05, 0) is 62.0 Å². The zero-order valence-corrected chi connectivity index (χ0v) is 12.5. The van der Waals surface area contributed by atoms with Gasteiger partial charge in [-0.15, -0.1) is 0 Å². The molecule has 0 atom stereocenters. The second kappa shape index (κ2) is 6.31. The van der Waals surface area contributed by atoms with Crippen molar-refractivity contribution < 1.29 is 4.74 Å². The van der Waals surface area contributed by atoms with Gasteiger partial charge in [0.25, 0.3) is 5.56 Å². The zero-order chi connectivity index (χ0) is 14.7. The lowest BCUT2D eigenvalue weighted by Crippen LogP contribution is -2.34. The van der Waals surface area contributed by atoms with Crippen LogP contribution in [0.3, 0.4) is 0 Å². The SMILES string of the molecule is CCCOc1ccc2c(=O)n(C3CCNCC3)ccc2c1. The Kier molecular flexibility index (Phi) is 4.25. The van der Waals surface area contributed by atoms with Crippen LogP contribution >= 0.6 is 0 Å². The molecule has 0 unspecified atom stereocenters. The summed E-state index contributed by atoms with van der Waals surface area (Å²) in [7, 11) is 0. The van der Waals surface area contributed by atoms with E-state index in [1.165, 1.54) is 0 Å². The average molecular weight is 286 g/mol. The molecule has 1 aliphatic heterocycles. The molecule has 21 heavy (non-hydrogen) atoms. The van der Waals surface area contributed by atoms with E-state index in [1.54, 1.807) is 0 Å². The highest BCUT2D eigenvalue weighted by Gasteiger charge is 2.16. The van der Waals surface area contributed by atoms with Crippen LogP contribution in [0.1, 0.15) is 32.2 Å². The lowest BCUT2D eigenvalue weighted by molar-refractivity contribution is 0.318. The van der Waals surface area contributed by atoms with Crippen molar-refractivity contribution in [1.29, 1.82) is 0 Å². The van der Waals surface area contributed by atoms with E-state index in [0.29, 0.717) is 12.6 Å². The van der Waals surface area contributed by atoms with Gasteiger partial charge in [0.1, 0.15) is 5.75 Å². The molecule has 1 aromatic heterocycles. The highest BCUT2D eigenvalue weighted by Crippen LogP contribution is 2.21. The molecule has 0 saturated carbocycles. The molecule has 1 fully saturated rings. The van der Waals surface area contributed by atoms with Crippen LogP contribution in [0, 0.1) is 0 Å². The van der Waals surface area contributed by atoms with Gasteiger partial charge in [-0.25, -0.2) is 0 Å². The van der Waals surface area contributed by atoms with E-state index in [0.717, 1.165) is 48.9 Å². The highest BCUT2D eigenvalue weighted by molar-refractivity contribution is 5.82. The highest BCUT2D eigenvalue weighted by atomic mass is 16.5. The Morgan fingerprint density at radius 1 is 1.29 bits per heavy atom. The van der Waals surface area contributed by atoms with E-state index in [1.807, 2.05) is 35.0 Å². The molecule has 4 nitrogen and oxygen atoms in total. The predicted octanol–water partition coefficient (Wildman–Crippen LogP) is 2.71. The van der Waals surface area contributed by atoms with Crippen molar-refractivity contribution in [3.8, 4) is 5.75 Å². The molecule has 0 bridgehead atoms. The number of rotatable bonds is 4. The summed E-state index contributed by atoms with van der Waals surface area (Å²) in [5.41, 5.74) is 0.112. The van der Waals surface area contributed by atoms with Crippen LogP contribution in [0.2, 0.25) is 0 Å². The Bertz CT molecular complexity index is 672. The van der Waals surface area contributed by atoms with Gasteiger partial charge >= 0.3 is 0 Å². The van der Waals surface area contributed by atoms with E-state index >= 15 is 0 Å². The molecule has 2 aromatic rings. The Balaban J connectivity index is 1.95. The number of benzene rings is 1. The number of hydrogen-bond donors (Lipinski definition) is 1. The Hall–Kier alpha value is -1.81. The second-order valence-electron chi connectivity index (χ2n) is 5.61. The first-order valence-corrected chi connectivity index (χ1v) is 7.78. The minimum Gasteiger partial charge on any atom is -0.494 e. The van der Waals surface area contributed by atoms with Crippen LogP contribution in [0.15, 0.2) is 35.3 Å². The van der Waals surface area contributed by atoms with Gasteiger partial charge in [-0.3, -0.25) is 4.79 Å². The first kappa shape index (κ1) is 14.1. The third-order valence-electron chi connectivity index (χ3n) is 4.08. The van der Waals surface area contributed by atoms with Crippen molar-refractivity contribution in [3.63, 3.8) is 0 Å². The van der Waals surface area contributed by atoms with Crippen molar-refractivity contribution in [2.24, 2.45) is 0 Å². The molecule has 1 aromatic carbocycles. The number of piperidine rings is 1. The lowest BCUT2D eigenvalue weighted by atomic mass is 10.1. The zero-order valence-electron chi connectivity index (χ0n) is 12.5. The molecule has 4 heteroatoms. The predicted molar refractivity (Wildman–Crippen MR) is 85.1 cm³/mol. The maximum Gasteiger partial charge on any atom is 0.258 e. The summed E-state index contributed by atoms with van der Waals surface area (Å²) in [5.74, 6) is 0.836. The van der Waals surface area contributed by atoms with Crippen LogP contribution < -0.4 is 15.6 Å². The van der Waals surface area contributed by atoms with E-state index in [2.05, 4.69) is 12.2 Å². The number of fused-ring (bicyclic) bond motifs is 1. The summed E-state index contributed by atoms with van der Waals surface area (Å²) in [6, 6.07) is 8.09. The number of ether oxygens (including phenoxy) is 1. The maximum atomic E-state index is 12.7. The van der Waals surface area contributed by atoms with E-state index in [9.17, 15) is 4.79 Å². The Morgan fingerprint density at radius 2 is 2.10 bits per heavy atom. The summed E-state index contributed by atoms with van der Waals surface area (Å²) in [4.78, 5) is 12.7. The minimum absolute atomic E-state index is 0.112. The second-order valence-corrected chi connectivity index (χ2v) is 5.61. The summed E-state index contributed by atoms with van der Waals surface area (Å²) in [6.45, 7) is 4.76. The fourth-order valence-corrected chi connectivity index (χ4v) is 2.92. The molecular formula is C17H22N2O2. The summed E-state index contributed by atoms with van der Waals surface area (Å²) in [5, 5.41) is 5.07. The molecule has 0 amide bonds. The summed E-state index contributed by atoms with van der Waals surface area (Å²) >= 11 is 0. The molecule has 1 saturated heterocycles. The number of nitrogens with zero attached hydrogens (tertiary/aromatic N) is 1. The minimum atomic E-state index is 0.112. The fraction of sp³-hybridized carbons (Fsp3) is 0.471. The average Bonchev–Trinajstić information content (AvgIpc) is 2.54.